The lowest BCUT2D eigenvalue weighted by Crippen LogP contribution is -2.51. The van der Waals surface area contributed by atoms with Crippen molar-refractivity contribution in [1.82, 2.24) is 5.32 Å². The van der Waals surface area contributed by atoms with Gasteiger partial charge in [0, 0.05) is 12.0 Å². The van der Waals surface area contributed by atoms with Crippen LogP contribution >= 0.6 is 0 Å². The van der Waals surface area contributed by atoms with Gasteiger partial charge in [-0.2, -0.15) is 0 Å². The fraction of sp³-hybridized carbons (Fsp3) is 0.600. The highest BCUT2D eigenvalue weighted by Crippen LogP contribution is 2.14. The summed E-state index contributed by atoms with van der Waals surface area (Å²) in [6, 6.07) is 8.54. The van der Waals surface area contributed by atoms with Gasteiger partial charge in [0.1, 0.15) is 6.04 Å². The molecular formula is C20H33N3O3. The van der Waals surface area contributed by atoms with Crippen LogP contribution in [0, 0.1) is 5.92 Å². The number of primary amides is 1. The lowest BCUT2D eigenvalue weighted by Gasteiger charge is -2.23. The van der Waals surface area contributed by atoms with Crippen molar-refractivity contribution in [3.63, 3.8) is 0 Å². The molecule has 6 N–H and O–H groups in total. The van der Waals surface area contributed by atoms with Crippen LogP contribution in [0.15, 0.2) is 30.3 Å². The van der Waals surface area contributed by atoms with Crippen LogP contribution in [0.5, 0.6) is 0 Å². The van der Waals surface area contributed by atoms with E-state index in [-0.39, 0.29) is 17.7 Å². The molecule has 0 aliphatic carbocycles. The van der Waals surface area contributed by atoms with Gasteiger partial charge >= 0.3 is 0 Å². The fourth-order valence-corrected chi connectivity index (χ4v) is 3.06. The minimum atomic E-state index is -0.841. The number of ketones is 1. The maximum absolute atomic E-state index is 12.4. The first-order valence-corrected chi connectivity index (χ1v) is 9.29. The van der Waals surface area contributed by atoms with E-state index >= 15 is 0 Å². The third kappa shape index (κ3) is 7.64. The van der Waals surface area contributed by atoms with Crippen molar-refractivity contribution in [3.05, 3.63) is 35.9 Å². The van der Waals surface area contributed by atoms with Gasteiger partial charge in [0.15, 0.2) is 5.78 Å². The molecule has 1 rings (SSSR count). The van der Waals surface area contributed by atoms with Gasteiger partial charge in [0.05, 0.1) is 12.1 Å². The smallest absolute Gasteiger partial charge is 0.237 e. The Balaban J connectivity index is 2.37. The van der Waals surface area contributed by atoms with Gasteiger partial charge in [-0.25, -0.2) is 0 Å². The molecule has 5 atom stereocenters. The zero-order valence-corrected chi connectivity index (χ0v) is 16.0. The van der Waals surface area contributed by atoms with Crippen molar-refractivity contribution in [1.29, 1.82) is 0 Å². The number of Topliss-reactive ketones (excluding diaryl/α,β-unsaturated/α-hetero) is 1. The highest BCUT2D eigenvalue weighted by Gasteiger charge is 2.23. The number of carbonyl (C=O) groups excluding carboxylic acids is 2. The van der Waals surface area contributed by atoms with E-state index in [0.717, 1.165) is 24.8 Å². The first-order valence-electron chi connectivity index (χ1n) is 9.29. The maximum atomic E-state index is 12.4. The van der Waals surface area contributed by atoms with Crippen LogP contribution < -0.4 is 16.8 Å². The van der Waals surface area contributed by atoms with E-state index in [4.69, 9.17) is 11.5 Å². The molecule has 0 heterocycles. The second-order valence-corrected chi connectivity index (χ2v) is 7.22. The van der Waals surface area contributed by atoms with Crippen LogP contribution in [0.1, 0.15) is 45.6 Å². The van der Waals surface area contributed by atoms with Crippen LogP contribution in [-0.4, -0.2) is 41.0 Å². The van der Waals surface area contributed by atoms with Crippen LogP contribution in [-0.2, 0) is 16.0 Å². The topological polar surface area (TPSA) is 118 Å². The molecule has 0 spiro atoms. The molecule has 0 fully saturated rings. The van der Waals surface area contributed by atoms with E-state index in [2.05, 4.69) is 5.32 Å². The van der Waals surface area contributed by atoms with E-state index in [1.807, 2.05) is 44.2 Å². The zero-order valence-electron chi connectivity index (χ0n) is 16.0. The van der Waals surface area contributed by atoms with Crippen LogP contribution in [0.3, 0.4) is 0 Å². The predicted molar refractivity (Wildman–Crippen MR) is 103 cm³/mol. The van der Waals surface area contributed by atoms with Gasteiger partial charge < -0.3 is 21.9 Å². The molecule has 0 saturated carbocycles. The molecule has 6 nitrogen and oxygen atoms in total. The van der Waals surface area contributed by atoms with E-state index in [1.165, 1.54) is 6.92 Å². The average molecular weight is 364 g/mol. The Morgan fingerprint density at radius 2 is 1.73 bits per heavy atom. The summed E-state index contributed by atoms with van der Waals surface area (Å²) in [7, 11) is 0. The van der Waals surface area contributed by atoms with Crippen molar-refractivity contribution in [3.8, 4) is 0 Å². The van der Waals surface area contributed by atoms with Crippen LogP contribution in [0.2, 0.25) is 0 Å². The molecule has 1 amide bonds. The number of aliphatic hydroxyl groups excluding tert-OH is 1. The number of aliphatic hydroxyl groups is 1. The molecule has 6 heteroatoms. The SMILES string of the molecule is CC(CCCC(C)C(=O)C(N)Cc1ccccc1)NC(C(N)=O)C(C)O. The summed E-state index contributed by atoms with van der Waals surface area (Å²) in [5.41, 5.74) is 12.4. The normalized spacial score (nSPS) is 17.1. The third-order valence-electron chi connectivity index (χ3n) is 4.68. The number of carbonyl (C=O) groups is 2. The van der Waals surface area contributed by atoms with Crippen LogP contribution in [0.25, 0.3) is 0 Å². The molecule has 0 aliphatic heterocycles. The number of hydrogen-bond donors (Lipinski definition) is 4. The molecule has 1 aromatic carbocycles. The molecule has 0 aromatic heterocycles. The first kappa shape index (κ1) is 22.3. The summed E-state index contributed by atoms with van der Waals surface area (Å²) in [4.78, 5) is 23.8. The minimum absolute atomic E-state index is 0.0161. The highest BCUT2D eigenvalue weighted by molar-refractivity contribution is 5.86. The first-order chi connectivity index (χ1) is 12.2. The summed E-state index contributed by atoms with van der Waals surface area (Å²) in [6.45, 7) is 5.38. The van der Waals surface area contributed by atoms with Gasteiger partial charge in [0.2, 0.25) is 5.91 Å². The van der Waals surface area contributed by atoms with Crippen molar-refractivity contribution in [2.75, 3.05) is 0 Å². The largest absolute Gasteiger partial charge is 0.391 e. The van der Waals surface area contributed by atoms with Crippen molar-refractivity contribution in [2.24, 2.45) is 17.4 Å². The van der Waals surface area contributed by atoms with E-state index < -0.39 is 24.1 Å². The Morgan fingerprint density at radius 3 is 2.27 bits per heavy atom. The number of nitrogens with one attached hydrogen (secondary N) is 1. The second kappa shape index (κ2) is 11.1. The second-order valence-electron chi connectivity index (χ2n) is 7.22. The quantitative estimate of drug-likeness (QED) is 0.444. The van der Waals surface area contributed by atoms with Gasteiger partial charge in [-0.1, -0.05) is 43.7 Å². The van der Waals surface area contributed by atoms with Gasteiger partial charge in [-0.3, -0.25) is 9.59 Å². The average Bonchev–Trinajstić information content (AvgIpc) is 2.59. The summed E-state index contributed by atoms with van der Waals surface area (Å²) in [5.74, 6) is -0.597. The Hall–Kier alpha value is -1.76. The Morgan fingerprint density at radius 1 is 1.12 bits per heavy atom. The molecule has 146 valence electrons. The van der Waals surface area contributed by atoms with E-state index in [9.17, 15) is 14.7 Å². The van der Waals surface area contributed by atoms with Gasteiger partial charge in [0.25, 0.3) is 0 Å². The number of rotatable bonds is 12. The molecule has 0 bridgehead atoms. The van der Waals surface area contributed by atoms with E-state index in [0.29, 0.717) is 6.42 Å². The van der Waals surface area contributed by atoms with Gasteiger partial charge in [-0.15, -0.1) is 0 Å². The molecule has 26 heavy (non-hydrogen) atoms. The Labute approximate surface area is 156 Å². The highest BCUT2D eigenvalue weighted by atomic mass is 16.3. The summed E-state index contributed by atoms with van der Waals surface area (Å²) in [6.07, 6.45) is 2.05. The Kier molecular flexibility index (Phi) is 9.48. The zero-order chi connectivity index (χ0) is 19.7. The number of nitrogens with two attached hydrogens (primary N) is 2. The molecule has 0 saturated heterocycles. The predicted octanol–water partition coefficient (Wildman–Crippen LogP) is 1.14. The molecule has 0 radical (unpaired) electrons. The lowest BCUT2D eigenvalue weighted by molar-refractivity contribution is -0.124. The Bertz CT molecular complexity index is 563. The maximum Gasteiger partial charge on any atom is 0.237 e. The van der Waals surface area contributed by atoms with Crippen molar-refractivity contribution < 1.29 is 14.7 Å². The number of hydrogen-bond acceptors (Lipinski definition) is 5. The number of benzene rings is 1. The van der Waals surface area contributed by atoms with E-state index in [1.54, 1.807) is 0 Å². The summed E-state index contributed by atoms with van der Waals surface area (Å²) >= 11 is 0. The number of amides is 1. The van der Waals surface area contributed by atoms with Gasteiger partial charge in [-0.05, 0) is 38.7 Å². The van der Waals surface area contributed by atoms with Crippen LogP contribution in [0.4, 0.5) is 0 Å². The summed E-state index contributed by atoms with van der Waals surface area (Å²) in [5, 5.41) is 12.6. The standard InChI is InChI=1S/C20H33N3O3/c1-13(19(25)17(21)12-16-10-5-4-6-11-16)8-7-9-14(2)23-18(15(3)24)20(22)26/h4-6,10-11,13-15,17-18,23-24H,7-9,12,21H2,1-3H3,(H2,22,26). The molecular weight excluding hydrogens is 330 g/mol. The minimum Gasteiger partial charge on any atom is -0.391 e. The van der Waals surface area contributed by atoms with Crippen molar-refractivity contribution >= 4 is 11.7 Å². The molecule has 0 aliphatic rings. The summed E-state index contributed by atoms with van der Waals surface area (Å²) < 4.78 is 0. The third-order valence-corrected chi connectivity index (χ3v) is 4.68. The lowest BCUT2D eigenvalue weighted by atomic mass is 9.91. The monoisotopic (exact) mass is 363 g/mol. The fourth-order valence-electron chi connectivity index (χ4n) is 3.06. The molecule has 5 unspecified atom stereocenters. The van der Waals surface area contributed by atoms with Crippen molar-refractivity contribution in [2.45, 2.75) is 70.7 Å². The molecule has 1 aromatic rings.